The first-order chi connectivity index (χ1) is 15.8. The Hall–Kier alpha value is -3.58. The minimum atomic E-state index is -0.0309. The van der Waals surface area contributed by atoms with Gasteiger partial charge in [0.25, 0.3) is 0 Å². The van der Waals surface area contributed by atoms with E-state index in [9.17, 15) is 0 Å². The SMILES string of the molecule is Cc1cc2c(cc1NCc1ccccn1)c(C=Cc1cnccn1)nn2C1CCCCO1. The Kier molecular flexibility index (Phi) is 5.89. The molecule has 1 unspecified atom stereocenters. The molecule has 0 bridgehead atoms. The number of hydrogen-bond donors (Lipinski definition) is 1. The van der Waals surface area contributed by atoms with Crippen LogP contribution in [0.1, 0.15) is 48.1 Å². The lowest BCUT2D eigenvalue weighted by molar-refractivity contribution is -0.0367. The first kappa shape index (κ1) is 20.3. The van der Waals surface area contributed by atoms with Crippen molar-refractivity contribution in [3.8, 4) is 0 Å². The number of nitrogens with one attached hydrogen (secondary N) is 1. The molecule has 1 fully saturated rings. The van der Waals surface area contributed by atoms with Gasteiger partial charge in [-0.25, -0.2) is 4.68 Å². The maximum atomic E-state index is 6.05. The zero-order valence-corrected chi connectivity index (χ0v) is 18.1. The fourth-order valence-electron chi connectivity index (χ4n) is 4.01. The standard InChI is InChI=1S/C25H26N6O/c1-18-14-24-21(15-23(18)29-17-19-6-2-4-10-27-19)22(9-8-20-16-26-11-12-28-20)30-31(24)25-7-3-5-13-32-25/h2,4,6,8-12,14-16,25,29H,3,5,7,13,17H2,1H3. The van der Waals surface area contributed by atoms with Crippen LogP contribution in [0.5, 0.6) is 0 Å². The van der Waals surface area contributed by atoms with Crippen LogP contribution in [0.25, 0.3) is 23.1 Å². The number of rotatable bonds is 6. The van der Waals surface area contributed by atoms with Crippen LogP contribution in [-0.2, 0) is 11.3 Å². The lowest BCUT2D eigenvalue weighted by Crippen LogP contribution is -2.19. The normalized spacial score (nSPS) is 16.6. The second kappa shape index (κ2) is 9.28. The molecule has 1 aliphatic rings. The Labute approximate surface area is 187 Å². The van der Waals surface area contributed by atoms with Gasteiger partial charge in [0, 0.05) is 36.3 Å². The van der Waals surface area contributed by atoms with Crippen molar-refractivity contribution in [3.05, 3.63) is 77.8 Å². The van der Waals surface area contributed by atoms with Gasteiger partial charge in [0.1, 0.15) is 0 Å². The zero-order chi connectivity index (χ0) is 21.8. The van der Waals surface area contributed by atoms with Crippen LogP contribution in [0.15, 0.2) is 55.1 Å². The molecule has 0 spiro atoms. The maximum Gasteiger partial charge on any atom is 0.150 e. The van der Waals surface area contributed by atoms with Gasteiger partial charge in [0.15, 0.2) is 6.23 Å². The van der Waals surface area contributed by atoms with E-state index in [1.54, 1.807) is 18.6 Å². The van der Waals surface area contributed by atoms with Gasteiger partial charge in [0.2, 0.25) is 0 Å². The van der Waals surface area contributed by atoms with E-state index in [0.717, 1.165) is 65.1 Å². The molecule has 32 heavy (non-hydrogen) atoms. The lowest BCUT2D eigenvalue weighted by atomic mass is 10.1. The first-order valence-corrected chi connectivity index (χ1v) is 11.0. The molecular weight excluding hydrogens is 400 g/mol. The van der Waals surface area contributed by atoms with E-state index in [0.29, 0.717) is 6.54 Å². The van der Waals surface area contributed by atoms with E-state index >= 15 is 0 Å². The molecule has 0 saturated carbocycles. The van der Waals surface area contributed by atoms with Gasteiger partial charge in [-0.15, -0.1) is 0 Å². The quantitative estimate of drug-likeness (QED) is 0.467. The third-order valence-corrected chi connectivity index (χ3v) is 5.69. The predicted octanol–water partition coefficient (Wildman–Crippen LogP) is 5.01. The molecule has 3 aromatic heterocycles. The second-order valence-electron chi connectivity index (χ2n) is 7.97. The van der Waals surface area contributed by atoms with E-state index in [-0.39, 0.29) is 6.23 Å². The lowest BCUT2D eigenvalue weighted by Gasteiger charge is -2.23. The van der Waals surface area contributed by atoms with Crippen LogP contribution in [0.2, 0.25) is 0 Å². The number of pyridine rings is 1. The summed E-state index contributed by atoms with van der Waals surface area (Å²) in [5.41, 5.74) is 6.00. The van der Waals surface area contributed by atoms with E-state index in [4.69, 9.17) is 9.84 Å². The molecular formula is C25H26N6O. The first-order valence-electron chi connectivity index (χ1n) is 11.0. The van der Waals surface area contributed by atoms with Gasteiger partial charge >= 0.3 is 0 Å². The largest absolute Gasteiger partial charge is 0.379 e. The Morgan fingerprint density at radius 2 is 2.09 bits per heavy atom. The van der Waals surface area contributed by atoms with Crippen molar-refractivity contribution in [2.24, 2.45) is 0 Å². The highest BCUT2D eigenvalue weighted by Crippen LogP contribution is 2.32. The molecule has 162 valence electrons. The van der Waals surface area contributed by atoms with Crippen LogP contribution >= 0.6 is 0 Å². The Balaban J connectivity index is 1.53. The average molecular weight is 427 g/mol. The molecule has 5 rings (SSSR count). The molecule has 7 nitrogen and oxygen atoms in total. The summed E-state index contributed by atoms with van der Waals surface area (Å²) in [6.07, 6.45) is 14.1. The molecule has 1 aromatic carbocycles. The molecule has 1 aliphatic heterocycles. The van der Waals surface area contributed by atoms with Crippen molar-refractivity contribution < 1.29 is 4.74 Å². The zero-order valence-electron chi connectivity index (χ0n) is 18.1. The summed E-state index contributed by atoms with van der Waals surface area (Å²) in [5.74, 6) is 0. The molecule has 4 heterocycles. The van der Waals surface area contributed by atoms with Gasteiger partial charge in [-0.05, 0) is 68.2 Å². The average Bonchev–Trinajstić information content (AvgIpc) is 3.20. The molecule has 1 atom stereocenters. The maximum absolute atomic E-state index is 6.05. The summed E-state index contributed by atoms with van der Waals surface area (Å²) in [6, 6.07) is 10.3. The third kappa shape index (κ3) is 4.38. The fourth-order valence-corrected chi connectivity index (χ4v) is 4.01. The Bertz CT molecular complexity index is 1210. The number of benzene rings is 1. The molecule has 0 aliphatic carbocycles. The highest BCUT2D eigenvalue weighted by Gasteiger charge is 2.21. The number of anilines is 1. The number of aromatic nitrogens is 5. The molecule has 1 saturated heterocycles. The van der Waals surface area contributed by atoms with E-state index in [2.05, 4.69) is 39.3 Å². The van der Waals surface area contributed by atoms with Crippen LogP contribution in [0.4, 0.5) is 5.69 Å². The number of ether oxygens (including phenoxy) is 1. The van der Waals surface area contributed by atoms with Crippen molar-refractivity contribution in [2.45, 2.75) is 39.0 Å². The second-order valence-corrected chi connectivity index (χ2v) is 7.97. The minimum absolute atomic E-state index is 0.0309. The molecule has 0 radical (unpaired) electrons. The van der Waals surface area contributed by atoms with Crippen molar-refractivity contribution in [1.29, 1.82) is 0 Å². The van der Waals surface area contributed by atoms with E-state index < -0.39 is 0 Å². The number of fused-ring (bicyclic) bond motifs is 1. The minimum Gasteiger partial charge on any atom is -0.379 e. The Morgan fingerprint density at radius 1 is 1.12 bits per heavy atom. The van der Waals surface area contributed by atoms with Crippen LogP contribution in [-0.4, -0.2) is 31.3 Å². The molecule has 0 amide bonds. The van der Waals surface area contributed by atoms with Crippen molar-refractivity contribution in [1.82, 2.24) is 24.7 Å². The van der Waals surface area contributed by atoms with Gasteiger partial charge in [-0.2, -0.15) is 5.10 Å². The van der Waals surface area contributed by atoms with Gasteiger partial charge in [0.05, 0.1) is 35.3 Å². The van der Waals surface area contributed by atoms with Crippen molar-refractivity contribution in [3.63, 3.8) is 0 Å². The van der Waals surface area contributed by atoms with Gasteiger partial charge < -0.3 is 10.1 Å². The van der Waals surface area contributed by atoms with E-state index in [1.165, 1.54) is 0 Å². The topological polar surface area (TPSA) is 77.8 Å². The van der Waals surface area contributed by atoms with Crippen molar-refractivity contribution >= 4 is 28.7 Å². The molecule has 4 aromatic rings. The summed E-state index contributed by atoms with van der Waals surface area (Å²) < 4.78 is 8.10. The predicted molar refractivity (Wildman–Crippen MR) is 126 cm³/mol. The van der Waals surface area contributed by atoms with Gasteiger partial charge in [-0.1, -0.05) is 6.07 Å². The fraction of sp³-hybridized carbons (Fsp3) is 0.280. The summed E-state index contributed by atoms with van der Waals surface area (Å²) in [4.78, 5) is 12.9. The molecule has 1 N–H and O–H groups in total. The van der Waals surface area contributed by atoms with Gasteiger partial charge in [-0.3, -0.25) is 15.0 Å². The summed E-state index contributed by atoms with van der Waals surface area (Å²) in [7, 11) is 0. The summed E-state index contributed by atoms with van der Waals surface area (Å²) >= 11 is 0. The number of aryl methyl sites for hydroxylation is 1. The highest BCUT2D eigenvalue weighted by molar-refractivity contribution is 5.93. The number of hydrogen-bond acceptors (Lipinski definition) is 6. The van der Waals surface area contributed by atoms with Crippen molar-refractivity contribution in [2.75, 3.05) is 11.9 Å². The number of nitrogens with zero attached hydrogens (tertiary/aromatic N) is 5. The summed E-state index contributed by atoms with van der Waals surface area (Å²) in [5, 5.41) is 9.56. The van der Waals surface area contributed by atoms with Crippen LogP contribution in [0, 0.1) is 6.92 Å². The molecule has 7 heteroatoms. The summed E-state index contributed by atoms with van der Waals surface area (Å²) in [6.45, 7) is 3.56. The highest BCUT2D eigenvalue weighted by atomic mass is 16.5. The van der Waals surface area contributed by atoms with Crippen LogP contribution in [0.3, 0.4) is 0 Å². The van der Waals surface area contributed by atoms with Crippen LogP contribution < -0.4 is 5.32 Å². The smallest absolute Gasteiger partial charge is 0.150 e. The monoisotopic (exact) mass is 426 g/mol. The van der Waals surface area contributed by atoms with E-state index in [1.807, 2.05) is 41.2 Å². The Morgan fingerprint density at radius 3 is 2.88 bits per heavy atom. The third-order valence-electron chi connectivity index (χ3n) is 5.69.